The molecule has 2 aliphatic rings. The van der Waals surface area contributed by atoms with Gasteiger partial charge in [-0.2, -0.15) is 0 Å². The predicted molar refractivity (Wildman–Crippen MR) is 76.4 cm³/mol. The summed E-state index contributed by atoms with van der Waals surface area (Å²) in [6.45, 7) is 5.37. The van der Waals surface area contributed by atoms with Crippen LogP contribution in [0.1, 0.15) is 57.1 Å². The van der Waals surface area contributed by atoms with Crippen LogP contribution in [0.25, 0.3) is 0 Å². The lowest BCUT2D eigenvalue weighted by atomic mass is 9.68. The molecule has 3 rings (SSSR count). The zero-order valence-electron chi connectivity index (χ0n) is 12.0. The van der Waals surface area contributed by atoms with Gasteiger partial charge in [0.05, 0.1) is 12.2 Å². The topological polar surface area (TPSA) is 29.5 Å². The summed E-state index contributed by atoms with van der Waals surface area (Å²) < 4.78 is 5.86. The third kappa shape index (κ3) is 2.38. The molecular formula is C17H24O2. The smallest absolute Gasteiger partial charge is 0.128 e. The molecule has 1 N–H and O–H groups in total. The summed E-state index contributed by atoms with van der Waals surface area (Å²) >= 11 is 0. The highest BCUT2D eigenvalue weighted by atomic mass is 16.5. The van der Waals surface area contributed by atoms with Gasteiger partial charge in [0.15, 0.2) is 0 Å². The lowest BCUT2D eigenvalue weighted by Crippen LogP contribution is -2.35. The fourth-order valence-electron chi connectivity index (χ4n) is 3.37. The Morgan fingerprint density at radius 2 is 1.84 bits per heavy atom. The van der Waals surface area contributed by atoms with Gasteiger partial charge in [0.2, 0.25) is 0 Å². The van der Waals surface area contributed by atoms with Crippen LogP contribution in [0.15, 0.2) is 18.2 Å². The second-order valence-electron chi connectivity index (χ2n) is 6.94. The molecule has 0 bridgehead atoms. The Labute approximate surface area is 115 Å². The molecule has 0 saturated heterocycles. The molecule has 0 amide bonds. The van der Waals surface area contributed by atoms with E-state index in [1.807, 2.05) is 0 Å². The van der Waals surface area contributed by atoms with Crippen LogP contribution in [0.2, 0.25) is 0 Å². The van der Waals surface area contributed by atoms with Crippen molar-refractivity contribution in [3.8, 4) is 5.75 Å². The maximum atomic E-state index is 11.1. The van der Waals surface area contributed by atoms with E-state index in [1.165, 1.54) is 5.56 Å². The molecule has 104 valence electrons. The number of aliphatic hydroxyl groups is 1. The highest BCUT2D eigenvalue weighted by Gasteiger charge is 2.40. The average molecular weight is 260 g/mol. The minimum Gasteiger partial charge on any atom is -0.493 e. The van der Waals surface area contributed by atoms with Crippen LogP contribution in [-0.2, 0) is 12.0 Å². The first-order valence-corrected chi connectivity index (χ1v) is 7.48. The molecule has 0 spiro atoms. The highest BCUT2D eigenvalue weighted by Crippen LogP contribution is 2.48. The molecule has 0 radical (unpaired) electrons. The number of aryl methyl sites for hydroxylation is 1. The maximum absolute atomic E-state index is 11.1. The summed E-state index contributed by atoms with van der Waals surface area (Å²) in [5.74, 6) is 0.968. The Bertz CT molecular complexity index is 466. The lowest BCUT2D eigenvalue weighted by molar-refractivity contribution is -0.0327. The summed E-state index contributed by atoms with van der Waals surface area (Å²) in [5, 5.41) is 11.1. The number of ether oxygens (including phenoxy) is 1. The standard InChI is InChI=1S/C17H24O2/c1-16(2)8-10-17(18,11-9-16)14-7-3-5-13-6-4-12-19-15(13)14/h3,5,7,18H,4,6,8-12H2,1-2H3. The van der Waals surface area contributed by atoms with Crippen LogP contribution in [0.5, 0.6) is 5.75 Å². The van der Waals surface area contributed by atoms with E-state index in [9.17, 15) is 5.11 Å². The molecule has 1 aliphatic carbocycles. The molecular weight excluding hydrogens is 236 g/mol. The minimum absolute atomic E-state index is 0.363. The van der Waals surface area contributed by atoms with Gasteiger partial charge >= 0.3 is 0 Å². The molecule has 2 heteroatoms. The van der Waals surface area contributed by atoms with Gasteiger partial charge in [-0.3, -0.25) is 0 Å². The highest BCUT2D eigenvalue weighted by molar-refractivity contribution is 5.46. The number of fused-ring (bicyclic) bond motifs is 1. The Hall–Kier alpha value is -1.02. The van der Waals surface area contributed by atoms with Gasteiger partial charge < -0.3 is 9.84 Å². The van der Waals surface area contributed by atoms with Crippen LogP contribution in [-0.4, -0.2) is 11.7 Å². The predicted octanol–water partition coefficient (Wildman–Crippen LogP) is 3.80. The van der Waals surface area contributed by atoms with Gasteiger partial charge in [0, 0.05) is 5.56 Å². The molecule has 1 aromatic rings. The number of para-hydroxylation sites is 1. The molecule has 0 atom stereocenters. The zero-order chi connectivity index (χ0) is 13.5. The van der Waals surface area contributed by atoms with Crippen molar-refractivity contribution in [2.24, 2.45) is 5.41 Å². The maximum Gasteiger partial charge on any atom is 0.128 e. The summed E-state index contributed by atoms with van der Waals surface area (Å²) in [5.41, 5.74) is 1.97. The minimum atomic E-state index is -0.682. The largest absolute Gasteiger partial charge is 0.493 e. The van der Waals surface area contributed by atoms with E-state index in [1.54, 1.807) is 0 Å². The molecule has 1 fully saturated rings. The molecule has 19 heavy (non-hydrogen) atoms. The van der Waals surface area contributed by atoms with Crippen molar-refractivity contribution in [1.82, 2.24) is 0 Å². The molecule has 1 heterocycles. The van der Waals surface area contributed by atoms with Crippen molar-refractivity contribution in [1.29, 1.82) is 0 Å². The Balaban J connectivity index is 1.94. The molecule has 1 aliphatic heterocycles. The molecule has 1 saturated carbocycles. The third-order valence-electron chi connectivity index (χ3n) is 4.87. The van der Waals surface area contributed by atoms with Crippen molar-refractivity contribution in [3.05, 3.63) is 29.3 Å². The fourth-order valence-corrected chi connectivity index (χ4v) is 3.37. The monoisotopic (exact) mass is 260 g/mol. The molecule has 1 aromatic carbocycles. The summed E-state index contributed by atoms with van der Waals surface area (Å²) in [6, 6.07) is 6.26. The zero-order valence-corrected chi connectivity index (χ0v) is 12.0. The van der Waals surface area contributed by atoms with Gasteiger partial charge in [-0.05, 0) is 49.5 Å². The first-order chi connectivity index (χ1) is 9.00. The van der Waals surface area contributed by atoms with Crippen LogP contribution >= 0.6 is 0 Å². The van der Waals surface area contributed by atoms with Gasteiger partial charge in [-0.1, -0.05) is 32.0 Å². The normalized spacial score (nSPS) is 24.4. The van der Waals surface area contributed by atoms with Crippen LogP contribution in [0.3, 0.4) is 0 Å². The third-order valence-corrected chi connectivity index (χ3v) is 4.87. The van der Waals surface area contributed by atoms with Crippen LogP contribution in [0, 0.1) is 5.41 Å². The molecule has 0 aromatic heterocycles. The second-order valence-corrected chi connectivity index (χ2v) is 6.94. The van der Waals surface area contributed by atoms with Gasteiger partial charge in [0.1, 0.15) is 5.75 Å². The fraction of sp³-hybridized carbons (Fsp3) is 0.647. The van der Waals surface area contributed by atoms with Crippen molar-refractivity contribution < 1.29 is 9.84 Å². The van der Waals surface area contributed by atoms with E-state index < -0.39 is 5.60 Å². The van der Waals surface area contributed by atoms with Gasteiger partial charge in [-0.15, -0.1) is 0 Å². The quantitative estimate of drug-likeness (QED) is 0.832. The van der Waals surface area contributed by atoms with Gasteiger partial charge in [0.25, 0.3) is 0 Å². The van der Waals surface area contributed by atoms with E-state index in [0.717, 1.165) is 56.4 Å². The second kappa shape index (κ2) is 4.52. The van der Waals surface area contributed by atoms with Crippen LogP contribution < -0.4 is 4.74 Å². The first kappa shape index (κ1) is 13.0. The van der Waals surface area contributed by atoms with Crippen LogP contribution in [0.4, 0.5) is 0 Å². The number of benzene rings is 1. The van der Waals surface area contributed by atoms with Crippen molar-refractivity contribution in [2.45, 2.75) is 58.0 Å². The Kier molecular flexibility index (Phi) is 3.09. The van der Waals surface area contributed by atoms with E-state index in [4.69, 9.17) is 4.74 Å². The van der Waals surface area contributed by atoms with E-state index >= 15 is 0 Å². The van der Waals surface area contributed by atoms with Crippen molar-refractivity contribution in [2.75, 3.05) is 6.61 Å². The van der Waals surface area contributed by atoms with Crippen molar-refractivity contribution in [3.63, 3.8) is 0 Å². The number of rotatable bonds is 1. The molecule has 0 unspecified atom stereocenters. The van der Waals surface area contributed by atoms with E-state index in [-0.39, 0.29) is 0 Å². The molecule has 2 nitrogen and oxygen atoms in total. The SMILES string of the molecule is CC1(C)CCC(O)(c2cccc3c2OCCC3)CC1. The average Bonchev–Trinajstić information content (AvgIpc) is 2.42. The number of hydrogen-bond donors (Lipinski definition) is 1. The summed E-state index contributed by atoms with van der Waals surface area (Å²) in [6.07, 6.45) is 6.01. The first-order valence-electron chi connectivity index (χ1n) is 7.48. The van der Waals surface area contributed by atoms with E-state index in [0.29, 0.717) is 5.41 Å². The summed E-state index contributed by atoms with van der Waals surface area (Å²) in [7, 11) is 0. The number of hydrogen-bond acceptors (Lipinski definition) is 2. The summed E-state index contributed by atoms with van der Waals surface area (Å²) in [4.78, 5) is 0. The Morgan fingerprint density at radius 3 is 2.58 bits per heavy atom. The lowest BCUT2D eigenvalue weighted by Gasteiger charge is -2.41. The Morgan fingerprint density at radius 1 is 1.11 bits per heavy atom. The van der Waals surface area contributed by atoms with E-state index in [2.05, 4.69) is 32.0 Å². The van der Waals surface area contributed by atoms with Crippen molar-refractivity contribution >= 4 is 0 Å². The van der Waals surface area contributed by atoms with Gasteiger partial charge in [-0.25, -0.2) is 0 Å².